The predicted molar refractivity (Wildman–Crippen MR) is 131 cm³/mol. The first-order chi connectivity index (χ1) is 16.7. The van der Waals surface area contributed by atoms with E-state index in [4.69, 9.17) is 13.9 Å². The van der Waals surface area contributed by atoms with Gasteiger partial charge in [0.2, 0.25) is 6.39 Å². The third kappa shape index (κ3) is 6.05. The summed E-state index contributed by atoms with van der Waals surface area (Å²) in [5.74, 6) is 2.88. The van der Waals surface area contributed by atoms with Gasteiger partial charge in [-0.3, -0.25) is 4.79 Å². The second-order valence-electron chi connectivity index (χ2n) is 10.5. The summed E-state index contributed by atoms with van der Waals surface area (Å²) in [6.45, 7) is 12.9. The standard InChI is InChI=1S/C25H35N7O3/c1-16(2)14-32(18-9-17(10-26-11-18)21-29-15-35-31-21)23(33)20-13-28-24(25(3,4)5)30-22(20)27-12-19-7-6-8-34-19/h6-8,13,15-18,26H,9-12,14H2,1-5H3,(H,27,28,30)/t17-,18+/m1/s1. The summed E-state index contributed by atoms with van der Waals surface area (Å²) in [5.41, 5.74) is 0.192. The molecule has 0 unspecified atom stereocenters. The number of nitrogens with zero attached hydrogens (tertiary/aromatic N) is 5. The van der Waals surface area contributed by atoms with Gasteiger partial charge in [0.25, 0.3) is 5.91 Å². The summed E-state index contributed by atoms with van der Waals surface area (Å²) in [4.78, 5) is 29.5. The topological polar surface area (TPSA) is 122 Å². The molecular formula is C25H35N7O3. The Labute approximate surface area is 205 Å². The van der Waals surface area contributed by atoms with E-state index in [1.54, 1.807) is 12.5 Å². The van der Waals surface area contributed by atoms with Crippen molar-refractivity contribution in [2.24, 2.45) is 5.92 Å². The van der Waals surface area contributed by atoms with Gasteiger partial charge in [0.05, 0.1) is 12.8 Å². The number of hydrogen-bond acceptors (Lipinski definition) is 9. The van der Waals surface area contributed by atoms with Crippen molar-refractivity contribution in [3.8, 4) is 0 Å². The molecule has 1 aliphatic heterocycles. The van der Waals surface area contributed by atoms with Crippen LogP contribution in [0.5, 0.6) is 0 Å². The van der Waals surface area contributed by atoms with Crippen LogP contribution in [0.2, 0.25) is 0 Å². The summed E-state index contributed by atoms with van der Waals surface area (Å²) in [5, 5.41) is 10.8. The Morgan fingerprint density at radius 2 is 2.11 bits per heavy atom. The molecule has 0 radical (unpaired) electrons. The lowest BCUT2D eigenvalue weighted by Crippen LogP contribution is -2.52. The lowest BCUT2D eigenvalue weighted by molar-refractivity contribution is 0.0607. The monoisotopic (exact) mass is 481 g/mol. The molecule has 10 heteroatoms. The van der Waals surface area contributed by atoms with Crippen LogP contribution in [0.3, 0.4) is 0 Å². The van der Waals surface area contributed by atoms with Crippen LogP contribution in [0.15, 0.2) is 39.9 Å². The molecule has 0 spiro atoms. The van der Waals surface area contributed by atoms with Crippen molar-refractivity contribution in [1.29, 1.82) is 0 Å². The number of carbonyl (C=O) groups is 1. The first-order valence-corrected chi connectivity index (χ1v) is 12.1. The van der Waals surface area contributed by atoms with Crippen molar-refractivity contribution >= 4 is 11.7 Å². The lowest BCUT2D eigenvalue weighted by atomic mass is 9.93. The van der Waals surface area contributed by atoms with Crippen LogP contribution in [0.25, 0.3) is 0 Å². The van der Waals surface area contributed by atoms with E-state index in [1.807, 2.05) is 17.0 Å². The second-order valence-corrected chi connectivity index (χ2v) is 10.5. The van der Waals surface area contributed by atoms with Crippen LogP contribution in [-0.4, -0.2) is 56.6 Å². The zero-order valence-corrected chi connectivity index (χ0v) is 21.1. The number of amides is 1. The first-order valence-electron chi connectivity index (χ1n) is 12.1. The molecule has 1 aliphatic rings. The molecule has 0 aromatic carbocycles. The molecule has 2 N–H and O–H groups in total. The predicted octanol–water partition coefficient (Wildman–Crippen LogP) is 3.61. The minimum atomic E-state index is -0.259. The van der Waals surface area contributed by atoms with E-state index < -0.39 is 0 Å². The molecule has 0 aliphatic carbocycles. The van der Waals surface area contributed by atoms with Gasteiger partial charge in [0, 0.05) is 43.2 Å². The molecule has 10 nitrogen and oxygen atoms in total. The second kappa shape index (κ2) is 10.6. The average molecular weight is 482 g/mol. The van der Waals surface area contributed by atoms with Crippen molar-refractivity contribution < 1.29 is 13.7 Å². The summed E-state index contributed by atoms with van der Waals surface area (Å²) in [6.07, 6.45) is 5.38. The average Bonchev–Trinajstić information content (AvgIpc) is 3.54. The molecule has 2 atom stereocenters. The molecule has 0 bridgehead atoms. The lowest BCUT2D eigenvalue weighted by Gasteiger charge is -2.38. The normalized spacial score (nSPS) is 18.6. The fourth-order valence-electron chi connectivity index (χ4n) is 4.28. The van der Waals surface area contributed by atoms with Crippen LogP contribution < -0.4 is 10.6 Å². The summed E-state index contributed by atoms with van der Waals surface area (Å²) in [7, 11) is 0. The maximum atomic E-state index is 14.0. The van der Waals surface area contributed by atoms with E-state index in [1.165, 1.54) is 6.39 Å². The van der Waals surface area contributed by atoms with Crippen LogP contribution in [0, 0.1) is 5.92 Å². The first kappa shape index (κ1) is 24.8. The van der Waals surface area contributed by atoms with E-state index in [-0.39, 0.29) is 23.3 Å². The summed E-state index contributed by atoms with van der Waals surface area (Å²) in [6, 6.07) is 3.70. The highest BCUT2D eigenvalue weighted by atomic mass is 16.5. The maximum absolute atomic E-state index is 14.0. The van der Waals surface area contributed by atoms with Gasteiger partial charge in [-0.15, -0.1) is 0 Å². The SMILES string of the molecule is CC(C)CN(C(=O)c1cnc(C(C)(C)C)nc1NCc1ccco1)[C@@H]1CNC[C@H](c2ncon2)C1. The highest BCUT2D eigenvalue weighted by molar-refractivity contribution is 5.98. The molecule has 0 saturated carbocycles. The third-order valence-corrected chi connectivity index (χ3v) is 6.03. The number of carbonyl (C=O) groups excluding carboxylic acids is 1. The van der Waals surface area contributed by atoms with Crippen molar-refractivity contribution in [2.75, 3.05) is 25.0 Å². The molecular weight excluding hydrogens is 446 g/mol. The largest absolute Gasteiger partial charge is 0.467 e. The summed E-state index contributed by atoms with van der Waals surface area (Å²) >= 11 is 0. The van der Waals surface area contributed by atoms with E-state index in [2.05, 4.69) is 60.4 Å². The van der Waals surface area contributed by atoms with Crippen molar-refractivity contribution in [3.05, 3.63) is 54.0 Å². The van der Waals surface area contributed by atoms with Gasteiger partial charge in [-0.05, 0) is 24.5 Å². The highest BCUT2D eigenvalue weighted by Gasteiger charge is 2.34. The van der Waals surface area contributed by atoms with Gasteiger partial charge in [0.1, 0.15) is 23.0 Å². The van der Waals surface area contributed by atoms with Crippen molar-refractivity contribution in [1.82, 2.24) is 30.3 Å². The Balaban J connectivity index is 1.63. The molecule has 35 heavy (non-hydrogen) atoms. The van der Waals surface area contributed by atoms with E-state index >= 15 is 0 Å². The Hall–Kier alpha value is -3.27. The molecule has 3 aromatic rings. The van der Waals surface area contributed by atoms with Crippen LogP contribution in [0.4, 0.5) is 5.82 Å². The number of aromatic nitrogens is 4. The Bertz CT molecular complexity index is 1090. The van der Waals surface area contributed by atoms with E-state index in [0.29, 0.717) is 48.6 Å². The smallest absolute Gasteiger partial charge is 0.259 e. The number of anilines is 1. The van der Waals surface area contributed by atoms with Gasteiger partial charge in [-0.1, -0.05) is 39.8 Å². The van der Waals surface area contributed by atoms with E-state index in [9.17, 15) is 4.79 Å². The Morgan fingerprint density at radius 1 is 1.29 bits per heavy atom. The number of furan rings is 1. The minimum Gasteiger partial charge on any atom is -0.467 e. The third-order valence-electron chi connectivity index (χ3n) is 6.03. The highest BCUT2D eigenvalue weighted by Crippen LogP contribution is 2.28. The summed E-state index contributed by atoms with van der Waals surface area (Å²) < 4.78 is 10.4. The van der Waals surface area contributed by atoms with Gasteiger partial charge in [0.15, 0.2) is 5.82 Å². The molecule has 1 fully saturated rings. The zero-order chi connectivity index (χ0) is 25.0. The van der Waals surface area contributed by atoms with Crippen molar-refractivity contribution in [3.63, 3.8) is 0 Å². The number of hydrogen-bond donors (Lipinski definition) is 2. The van der Waals surface area contributed by atoms with Gasteiger partial charge < -0.3 is 24.5 Å². The molecule has 3 aromatic heterocycles. The van der Waals surface area contributed by atoms with Crippen LogP contribution in [-0.2, 0) is 12.0 Å². The molecule has 1 amide bonds. The maximum Gasteiger partial charge on any atom is 0.259 e. The molecule has 4 rings (SSSR count). The molecule has 4 heterocycles. The quantitative estimate of drug-likeness (QED) is 0.497. The fraction of sp³-hybridized carbons (Fsp3) is 0.560. The van der Waals surface area contributed by atoms with E-state index in [0.717, 1.165) is 18.7 Å². The van der Waals surface area contributed by atoms with Crippen LogP contribution in [0.1, 0.15) is 74.7 Å². The Kier molecular flexibility index (Phi) is 7.49. The number of piperidine rings is 1. The van der Waals surface area contributed by atoms with Gasteiger partial charge in [-0.2, -0.15) is 4.98 Å². The molecule has 1 saturated heterocycles. The molecule has 188 valence electrons. The number of rotatable bonds is 8. The Morgan fingerprint density at radius 3 is 2.77 bits per heavy atom. The van der Waals surface area contributed by atoms with Crippen molar-refractivity contribution in [2.45, 2.75) is 65.0 Å². The van der Waals surface area contributed by atoms with Gasteiger partial charge in [-0.25, -0.2) is 9.97 Å². The number of nitrogens with one attached hydrogen (secondary N) is 2. The van der Waals surface area contributed by atoms with Crippen LogP contribution >= 0.6 is 0 Å². The fourth-order valence-corrected chi connectivity index (χ4v) is 4.28. The minimum absolute atomic E-state index is 0.0256. The zero-order valence-electron chi connectivity index (χ0n) is 21.1. The van der Waals surface area contributed by atoms with Gasteiger partial charge >= 0.3 is 0 Å².